The quantitative estimate of drug-likeness (QED) is 0.532. The molecule has 11 heavy (non-hydrogen) atoms. The maximum Gasteiger partial charge on any atom is 0.0769 e. The third-order valence-electron chi connectivity index (χ3n) is 1.72. The second-order valence-electron chi connectivity index (χ2n) is 2.73. The molecule has 0 aromatic rings. The molecule has 0 radical (unpaired) electrons. The topological polar surface area (TPSA) is 12.4 Å². The van der Waals surface area contributed by atoms with Crippen LogP contribution in [0.2, 0.25) is 0 Å². The summed E-state index contributed by atoms with van der Waals surface area (Å²) in [6.45, 7) is 4.28. The zero-order valence-electron chi connectivity index (χ0n) is 7.15. The van der Waals surface area contributed by atoms with Crippen LogP contribution in [0.4, 0.5) is 0 Å². The summed E-state index contributed by atoms with van der Waals surface area (Å²) in [5.74, 6) is 5.91. The van der Waals surface area contributed by atoms with Crippen LogP contribution in [0.1, 0.15) is 33.1 Å². The summed E-state index contributed by atoms with van der Waals surface area (Å²) in [5.41, 5.74) is 2.54. The highest BCUT2D eigenvalue weighted by atomic mass is 14.7. The van der Waals surface area contributed by atoms with Crippen molar-refractivity contribution < 1.29 is 0 Å². The molecule has 0 unspecified atom stereocenters. The predicted octanol–water partition coefficient (Wildman–Crippen LogP) is 2.54. The number of hydrogen-bond donors (Lipinski definition) is 0. The van der Waals surface area contributed by atoms with E-state index >= 15 is 0 Å². The molecule has 1 heteroatoms. The van der Waals surface area contributed by atoms with Gasteiger partial charge in [0.05, 0.1) is 6.21 Å². The first-order chi connectivity index (χ1) is 5.34. The Morgan fingerprint density at radius 3 is 3.18 bits per heavy atom. The van der Waals surface area contributed by atoms with E-state index in [2.05, 4.69) is 30.7 Å². The molecule has 1 aliphatic rings. The van der Waals surface area contributed by atoms with Crippen LogP contribution in [-0.4, -0.2) is 6.21 Å². The summed E-state index contributed by atoms with van der Waals surface area (Å²) in [6, 6.07) is 0. The number of rotatable bonds is 2. The smallest absolute Gasteiger partial charge is 0.0769 e. The summed E-state index contributed by atoms with van der Waals surface area (Å²) in [5, 5.41) is 0. The first kappa shape index (κ1) is 8.07. The van der Waals surface area contributed by atoms with Crippen molar-refractivity contribution in [3.63, 3.8) is 0 Å². The average Bonchev–Trinajstić information content (AvgIpc) is 2.18. The molecule has 1 aliphatic heterocycles. The molecule has 0 aromatic heterocycles. The Kier molecular flexibility index (Phi) is 2.92. The van der Waals surface area contributed by atoms with Gasteiger partial charge < -0.3 is 0 Å². The van der Waals surface area contributed by atoms with Gasteiger partial charge in [0.15, 0.2) is 0 Å². The van der Waals surface area contributed by atoms with Gasteiger partial charge in [0.25, 0.3) is 0 Å². The monoisotopic (exact) mass is 147 g/mol. The van der Waals surface area contributed by atoms with Gasteiger partial charge >= 0.3 is 0 Å². The van der Waals surface area contributed by atoms with Crippen LogP contribution in [-0.2, 0) is 0 Å². The Hall–Kier alpha value is -1.03. The molecule has 0 saturated heterocycles. The van der Waals surface area contributed by atoms with E-state index < -0.39 is 0 Å². The molecule has 1 rings (SSSR count). The highest BCUT2D eigenvalue weighted by Crippen LogP contribution is 2.15. The Balaban J connectivity index is 2.74. The third-order valence-corrected chi connectivity index (χ3v) is 1.72. The number of hydrogen-bond acceptors (Lipinski definition) is 1. The van der Waals surface area contributed by atoms with Crippen LogP contribution in [0.3, 0.4) is 0 Å². The lowest BCUT2D eigenvalue weighted by Gasteiger charge is -2.01. The van der Waals surface area contributed by atoms with E-state index in [1.807, 2.05) is 0 Å². The largest absolute Gasteiger partial charge is 0.252 e. The van der Waals surface area contributed by atoms with Gasteiger partial charge in [-0.25, -0.2) is 0 Å². The normalized spacial score (nSPS) is 15.8. The van der Waals surface area contributed by atoms with Crippen LogP contribution in [0.5, 0.6) is 0 Å². The fourth-order valence-corrected chi connectivity index (χ4v) is 1.07. The SMILES string of the molecule is CCCC1=C(C)CC#CC=N1. The fourth-order valence-electron chi connectivity index (χ4n) is 1.07. The molecule has 0 atom stereocenters. The standard InChI is InChI=1S/C10H13N/c1-3-6-10-9(2)7-4-5-8-11-10/h8H,3,6-7H2,1-2H3. The van der Waals surface area contributed by atoms with Crippen molar-refractivity contribution in [2.75, 3.05) is 0 Å². The molecule has 0 N–H and O–H groups in total. The van der Waals surface area contributed by atoms with E-state index in [0.717, 1.165) is 19.3 Å². The molecule has 0 amide bonds. The predicted molar refractivity (Wildman–Crippen MR) is 48.5 cm³/mol. The van der Waals surface area contributed by atoms with Gasteiger partial charge in [-0.3, -0.25) is 4.99 Å². The first-order valence-corrected chi connectivity index (χ1v) is 4.04. The molecule has 1 heterocycles. The molecule has 0 aromatic carbocycles. The molecular formula is C10H13N. The van der Waals surface area contributed by atoms with Crippen molar-refractivity contribution in [1.82, 2.24) is 0 Å². The maximum atomic E-state index is 4.27. The van der Waals surface area contributed by atoms with Gasteiger partial charge in [0.2, 0.25) is 0 Å². The summed E-state index contributed by atoms with van der Waals surface area (Å²) < 4.78 is 0. The van der Waals surface area contributed by atoms with Crippen molar-refractivity contribution in [3.05, 3.63) is 11.3 Å². The van der Waals surface area contributed by atoms with Crippen LogP contribution in [0.25, 0.3) is 0 Å². The first-order valence-electron chi connectivity index (χ1n) is 4.04. The van der Waals surface area contributed by atoms with Crippen LogP contribution in [0, 0.1) is 11.8 Å². The van der Waals surface area contributed by atoms with Gasteiger partial charge in [-0.05, 0) is 18.9 Å². The summed E-state index contributed by atoms with van der Waals surface area (Å²) in [7, 11) is 0. The highest BCUT2D eigenvalue weighted by Gasteiger charge is 1.99. The minimum absolute atomic E-state index is 0.884. The van der Waals surface area contributed by atoms with Gasteiger partial charge in [-0.15, -0.1) is 0 Å². The van der Waals surface area contributed by atoms with Crippen LogP contribution < -0.4 is 0 Å². The van der Waals surface area contributed by atoms with E-state index in [-0.39, 0.29) is 0 Å². The molecular weight excluding hydrogens is 134 g/mol. The number of aliphatic imine (C=N–C) groups is 1. The molecule has 0 saturated carbocycles. The van der Waals surface area contributed by atoms with E-state index in [1.165, 1.54) is 11.3 Å². The minimum atomic E-state index is 0.884. The van der Waals surface area contributed by atoms with Gasteiger partial charge in [0.1, 0.15) is 0 Å². The highest BCUT2D eigenvalue weighted by molar-refractivity contribution is 5.79. The molecule has 58 valence electrons. The van der Waals surface area contributed by atoms with Crippen molar-refractivity contribution >= 4 is 6.21 Å². The van der Waals surface area contributed by atoms with Gasteiger partial charge in [0, 0.05) is 12.1 Å². The fraction of sp³-hybridized carbons (Fsp3) is 0.500. The molecule has 1 nitrogen and oxygen atoms in total. The zero-order chi connectivity index (χ0) is 8.10. The third kappa shape index (κ3) is 2.23. The average molecular weight is 147 g/mol. The number of nitrogens with zero attached hydrogens (tertiary/aromatic N) is 1. The molecule has 0 aliphatic carbocycles. The van der Waals surface area contributed by atoms with Crippen LogP contribution in [0.15, 0.2) is 16.3 Å². The lowest BCUT2D eigenvalue weighted by atomic mass is 10.1. The Bertz CT molecular complexity index is 248. The van der Waals surface area contributed by atoms with Crippen molar-refractivity contribution in [2.45, 2.75) is 33.1 Å². The Morgan fingerprint density at radius 2 is 2.45 bits per heavy atom. The second-order valence-corrected chi connectivity index (χ2v) is 2.73. The number of allylic oxidation sites excluding steroid dienone is 2. The van der Waals surface area contributed by atoms with Crippen molar-refractivity contribution in [1.29, 1.82) is 0 Å². The molecule has 0 bridgehead atoms. The summed E-state index contributed by atoms with van der Waals surface area (Å²) in [4.78, 5) is 4.27. The van der Waals surface area contributed by atoms with Gasteiger partial charge in [-0.2, -0.15) is 0 Å². The zero-order valence-corrected chi connectivity index (χ0v) is 7.15. The molecule has 0 spiro atoms. The van der Waals surface area contributed by atoms with E-state index in [0.29, 0.717) is 0 Å². The lowest BCUT2D eigenvalue weighted by molar-refractivity contribution is 0.873. The van der Waals surface area contributed by atoms with E-state index in [1.54, 1.807) is 6.21 Å². The maximum absolute atomic E-state index is 4.27. The minimum Gasteiger partial charge on any atom is -0.252 e. The summed E-state index contributed by atoms with van der Waals surface area (Å²) in [6.07, 6.45) is 4.83. The second kappa shape index (κ2) is 3.98. The van der Waals surface area contributed by atoms with Crippen LogP contribution >= 0.6 is 0 Å². The van der Waals surface area contributed by atoms with E-state index in [9.17, 15) is 0 Å². The summed E-state index contributed by atoms with van der Waals surface area (Å²) >= 11 is 0. The Morgan fingerprint density at radius 1 is 1.64 bits per heavy atom. The Labute approximate surface area is 68.2 Å². The lowest BCUT2D eigenvalue weighted by Crippen LogP contribution is -1.84. The van der Waals surface area contributed by atoms with Crippen molar-refractivity contribution in [3.8, 4) is 11.8 Å². The molecule has 0 fully saturated rings. The van der Waals surface area contributed by atoms with E-state index in [4.69, 9.17) is 0 Å². The van der Waals surface area contributed by atoms with Gasteiger partial charge in [-0.1, -0.05) is 25.2 Å². The van der Waals surface area contributed by atoms with Crippen molar-refractivity contribution in [2.24, 2.45) is 4.99 Å².